The SMILES string of the molecule is Cc1ccc(-c2ccn(S(=O)(=O)c3ccc(C)cc3)n2)cc1. The molecule has 0 amide bonds. The minimum atomic E-state index is -3.65. The Labute approximate surface area is 130 Å². The van der Waals surface area contributed by atoms with Crippen molar-refractivity contribution in [1.29, 1.82) is 0 Å². The number of aryl methyl sites for hydroxylation is 2. The maximum atomic E-state index is 12.5. The summed E-state index contributed by atoms with van der Waals surface area (Å²) in [7, 11) is -3.65. The third kappa shape index (κ3) is 2.67. The van der Waals surface area contributed by atoms with E-state index in [0.717, 1.165) is 20.8 Å². The summed E-state index contributed by atoms with van der Waals surface area (Å²) >= 11 is 0. The van der Waals surface area contributed by atoms with E-state index in [0.29, 0.717) is 5.69 Å². The predicted molar refractivity (Wildman–Crippen MR) is 86.2 cm³/mol. The van der Waals surface area contributed by atoms with Crippen LogP contribution >= 0.6 is 0 Å². The molecule has 3 rings (SSSR count). The van der Waals surface area contributed by atoms with Gasteiger partial charge in [-0.1, -0.05) is 47.5 Å². The number of nitrogens with zero attached hydrogens (tertiary/aromatic N) is 2. The molecule has 1 aromatic heterocycles. The fourth-order valence-electron chi connectivity index (χ4n) is 2.14. The average Bonchev–Trinajstić information content (AvgIpc) is 2.99. The zero-order chi connectivity index (χ0) is 15.7. The lowest BCUT2D eigenvalue weighted by molar-refractivity contribution is 0.580. The van der Waals surface area contributed by atoms with Crippen LogP contribution in [0.4, 0.5) is 0 Å². The van der Waals surface area contributed by atoms with Crippen LogP contribution in [0.15, 0.2) is 65.7 Å². The highest BCUT2D eigenvalue weighted by molar-refractivity contribution is 7.89. The number of hydrogen-bond donors (Lipinski definition) is 0. The van der Waals surface area contributed by atoms with Crippen LogP contribution in [0.2, 0.25) is 0 Å². The van der Waals surface area contributed by atoms with Gasteiger partial charge in [-0.05, 0) is 32.0 Å². The van der Waals surface area contributed by atoms with Crippen molar-refractivity contribution in [1.82, 2.24) is 9.19 Å². The van der Waals surface area contributed by atoms with Gasteiger partial charge in [0.2, 0.25) is 0 Å². The molecule has 0 atom stereocenters. The lowest BCUT2D eigenvalue weighted by Crippen LogP contribution is -2.13. The molecule has 3 aromatic rings. The number of rotatable bonds is 3. The van der Waals surface area contributed by atoms with Gasteiger partial charge in [-0.3, -0.25) is 0 Å². The van der Waals surface area contributed by atoms with Crippen LogP contribution in [0.25, 0.3) is 11.3 Å². The summed E-state index contributed by atoms with van der Waals surface area (Å²) in [4.78, 5) is 0.233. The Morgan fingerprint density at radius 2 is 1.36 bits per heavy atom. The van der Waals surface area contributed by atoms with Crippen LogP contribution in [-0.4, -0.2) is 17.6 Å². The predicted octanol–water partition coefficient (Wildman–Crippen LogP) is 3.40. The molecule has 4 nitrogen and oxygen atoms in total. The van der Waals surface area contributed by atoms with Crippen molar-refractivity contribution in [2.45, 2.75) is 18.7 Å². The van der Waals surface area contributed by atoms with Crippen molar-refractivity contribution in [2.24, 2.45) is 0 Å². The fraction of sp³-hybridized carbons (Fsp3) is 0.118. The molecule has 112 valence electrons. The minimum Gasteiger partial charge on any atom is -0.199 e. The summed E-state index contributed by atoms with van der Waals surface area (Å²) in [6.45, 7) is 3.92. The van der Waals surface area contributed by atoms with E-state index in [2.05, 4.69) is 5.10 Å². The first-order chi connectivity index (χ1) is 10.5. The van der Waals surface area contributed by atoms with Crippen LogP contribution in [0.3, 0.4) is 0 Å². The normalized spacial score (nSPS) is 11.5. The molecule has 0 radical (unpaired) electrons. The second-order valence-electron chi connectivity index (χ2n) is 5.26. The summed E-state index contributed by atoms with van der Waals surface area (Å²) in [6, 6.07) is 16.3. The number of aromatic nitrogens is 2. The Balaban J connectivity index is 1.99. The molecule has 0 aliphatic rings. The van der Waals surface area contributed by atoms with Gasteiger partial charge in [-0.15, -0.1) is 0 Å². The summed E-state index contributed by atoms with van der Waals surface area (Å²) < 4.78 is 26.1. The molecule has 0 spiro atoms. The molecule has 22 heavy (non-hydrogen) atoms. The zero-order valence-electron chi connectivity index (χ0n) is 12.4. The van der Waals surface area contributed by atoms with Crippen molar-refractivity contribution >= 4 is 10.0 Å². The Kier molecular flexibility index (Phi) is 3.58. The van der Waals surface area contributed by atoms with E-state index in [1.165, 1.54) is 6.20 Å². The summed E-state index contributed by atoms with van der Waals surface area (Å²) in [5, 5.41) is 4.21. The first kappa shape index (κ1) is 14.5. The molecular weight excluding hydrogens is 296 g/mol. The zero-order valence-corrected chi connectivity index (χ0v) is 13.2. The standard InChI is InChI=1S/C17H16N2O2S/c1-13-3-7-15(8-4-13)17-11-12-19(18-17)22(20,21)16-9-5-14(2)6-10-16/h3-12H,1-2H3. The van der Waals surface area contributed by atoms with Crippen molar-refractivity contribution in [2.75, 3.05) is 0 Å². The molecule has 0 saturated carbocycles. The fourth-order valence-corrected chi connectivity index (χ4v) is 3.25. The summed E-state index contributed by atoms with van der Waals surface area (Å²) in [5.41, 5.74) is 3.69. The van der Waals surface area contributed by atoms with E-state index in [9.17, 15) is 8.42 Å². The van der Waals surface area contributed by atoms with E-state index < -0.39 is 10.0 Å². The topological polar surface area (TPSA) is 52.0 Å². The smallest absolute Gasteiger partial charge is 0.199 e. The highest BCUT2D eigenvalue weighted by Crippen LogP contribution is 2.20. The van der Waals surface area contributed by atoms with Crippen LogP contribution in [0.1, 0.15) is 11.1 Å². The molecule has 0 unspecified atom stereocenters. The molecular formula is C17H16N2O2S. The molecule has 0 aliphatic heterocycles. The van der Waals surface area contributed by atoms with Crippen molar-refractivity contribution in [3.05, 3.63) is 71.9 Å². The van der Waals surface area contributed by atoms with Crippen molar-refractivity contribution < 1.29 is 8.42 Å². The van der Waals surface area contributed by atoms with Crippen LogP contribution in [0, 0.1) is 13.8 Å². The van der Waals surface area contributed by atoms with Gasteiger partial charge in [-0.2, -0.15) is 17.6 Å². The Morgan fingerprint density at radius 1 is 0.818 bits per heavy atom. The molecule has 0 saturated heterocycles. The number of benzene rings is 2. The number of hydrogen-bond acceptors (Lipinski definition) is 3. The summed E-state index contributed by atoms with van der Waals surface area (Å²) in [5.74, 6) is 0. The third-order valence-corrected chi connectivity index (χ3v) is 5.04. The molecule has 5 heteroatoms. The average molecular weight is 312 g/mol. The van der Waals surface area contributed by atoms with Gasteiger partial charge >= 0.3 is 0 Å². The van der Waals surface area contributed by atoms with Gasteiger partial charge < -0.3 is 0 Å². The maximum Gasteiger partial charge on any atom is 0.282 e. The van der Waals surface area contributed by atoms with E-state index in [1.54, 1.807) is 30.3 Å². The summed E-state index contributed by atoms with van der Waals surface area (Å²) in [6.07, 6.45) is 1.48. The van der Waals surface area contributed by atoms with Crippen LogP contribution in [0.5, 0.6) is 0 Å². The molecule has 1 heterocycles. The molecule has 0 N–H and O–H groups in total. The Morgan fingerprint density at radius 3 is 1.95 bits per heavy atom. The minimum absolute atomic E-state index is 0.233. The lowest BCUT2D eigenvalue weighted by Gasteiger charge is -2.04. The van der Waals surface area contributed by atoms with E-state index in [1.807, 2.05) is 38.1 Å². The molecule has 0 aliphatic carbocycles. The van der Waals surface area contributed by atoms with E-state index >= 15 is 0 Å². The Bertz CT molecular complexity index is 893. The van der Waals surface area contributed by atoms with Crippen LogP contribution < -0.4 is 0 Å². The van der Waals surface area contributed by atoms with Crippen LogP contribution in [-0.2, 0) is 10.0 Å². The first-order valence-corrected chi connectivity index (χ1v) is 8.36. The molecule has 2 aromatic carbocycles. The third-order valence-electron chi connectivity index (χ3n) is 3.48. The van der Waals surface area contributed by atoms with E-state index in [-0.39, 0.29) is 4.90 Å². The second kappa shape index (κ2) is 5.42. The highest BCUT2D eigenvalue weighted by Gasteiger charge is 2.18. The van der Waals surface area contributed by atoms with Crippen molar-refractivity contribution in [3.63, 3.8) is 0 Å². The second-order valence-corrected chi connectivity index (χ2v) is 7.05. The van der Waals surface area contributed by atoms with Crippen molar-refractivity contribution in [3.8, 4) is 11.3 Å². The van der Waals surface area contributed by atoms with Gasteiger partial charge in [0, 0.05) is 11.8 Å². The van der Waals surface area contributed by atoms with Gasteiger partial charge in [-0.25, -0.2) is 0 Å². The maximum absolute atomic E-state index is 12.5. The van der Waals surface area contributed by atoms with E-state index in [4.69, 9.17) is 0 Å². The Hall–Kier alpha value is -2.40. The lowest BCUT2D eigenvalue weighted by atomic mass is 10.1. The van der Waals surface area contributed by atoms with Gasteiger partial charge in [0.25, 0.3) is 10.0 Å². The molecule has 0 bridgehead atoms. The first-order valence-electron chi connectivity index (χ1n) is 6.92. The quantitative estimate of drug-likeness (QED) is 0.745. The van der Waals surface area contributed by atoms with Gasteiger partial charge in [0.05, 0.1) is 10.6 Å². The monoisotopic (exact) mass is 312 g/mol. The molecule has 0 fully saturated rings. The highest BCUT2D eigenvalue weighted by atomic mass is 32.2. The van der Waals surface area contributed by atoms with Gasteiger partial charge in [0.15, 0.2) is 0 Å². The van der Waals surface area contributed by atoms with Gasteiger partial charge in [0.1, 0.15) is 0 Å². The largest absolute Gasteiger partial charge is 0.282 e.